The van der Waals surface area contributed by atoms with Crippen molar-refractivity contribution < 1.29 is 14.3 Å². The van der Waals surface area contributed by atoms with Gasteiger partial charge in [0.05, 0.1) is 7.11 Å². The van der Waals surface area contributed by atoms with Gasteiger partial charge in [0, 0.05) is 11.8 Å². The number of aldehydes is 1. The van der Waals surface area contributed by atoms with Crippen molar-refractivity contribution in [2.45, 2.75) is 38.5 Å². The standard InChI is InChI=1S/C10H16O3/c1-13-9(12)4-7-10(8-11)5-2-3-6-10/h8H,2-7H2,1H3. The van der Waals surface area contributed by atoms with Gasteiger partial charge in [0.15, 0.2) is 0 Å². The summed E-state index contributed by atoms with van der Waals surface area (Å²) in [5, 5.41) is 0. The van der Waals surface area contributed by atoms with E-state index in [9.17, 15) is 9.59 Å². The quantitative estimate of drug-likeness (QED) is 0.493. The number of esters is 1. The summed E-state index contributed by atoms with van der Waals surface area (Å²) in [5.74, 6) is -0.215. The fraction of sp³-hybridized carbons (Fsp3) is 0.800. The van der Waals surface area contributed by atoms with E-state index < -0.39 is 0 Å². The van der Waals surface area contributed by atoms with Gasteiger partial charge in [-0.15, -0.1) is 0 Å². The predicted molar refractivity (Wildman–Crippen MR) is 48.2 cm³/mol. The Bertz CT molecular complexity index is 192. The van der Waals surface area contributed by atoms with Gasteiger partial charge in [-0.3, -0.25) is 4.79 Å². The predicted octanol–water partition coefficient (Wildman–Crippen LogP) is 1.70. The van der Waals surface area contributed by atoms with Crippen LogP contribution >= 0.6 is 0 Å². The zero-order chi connectivity index (χ0) is 9.73. The molecular formula is C10H16O3. The highest BCUT2D eigenvalue weighted by Gasteiger charge is 2.33. The Kier molecular flexibility index (Phi) is 3.46. The van der Waals surface area contributed by atoms with Gasteiger partial charge in [-0.2, -0.15) is 0 Å². The minimum absolute atomic E-state index is 0.214. The van der Waals surface area contributed by atoms with Crippen LogP contribution in [0.5, 0.6) is 0 Å². The average Bonchev–Trinajstić information content (AvgIpc) is 2.63. The summed E-state index contributed by atoms with van der Waals surface area (Å²) in [6, 6.07) is 0. The summed E-state index contributed by atoms with van der Waals surface area (Å²) < 4.78 is 4.54. The molecule has 0 heterocycles. The number of ether oxygens (including phenoxy) is 1. The summed E-state index contributed by atoms with van der Waals surface area (Å²) in [7, 11) is 1.38. The maximum Gasteiger partial charge on any atom is 0.305 e. The van der Waals surface area contributed by atoms with Crippen LogP contribution in [0, 0.1) is 5.41 Å². The van der Waals surface area contributed by atoms with E-state index in [0.29, 0.717) is 12.8 Å². The molecule has 0 aromatic rings. The van der Waals surface area contributed by atoms with Gasteiger partial charge in [-0.05, 0) is 19.3 Å². The largest absolute Gasteiger partial charge is 0.469 e. The highest BCUT2D eigenvalue weighted by atomic mass is 16.5. The highest BCUT2D eigenvalue weighted by Crippen LogP contribution is 2.39. The van der Waals surface area contributed by atoms with E-state index in [4.69, 9.17) is 0 Å². The molecule has 0 aliphatic heterocycles. The van der Waals surface area contributed by atoms with Crippen LogP contribution in [0.15, 0.2) is 0 Å². The Labute approximate surface area is 78.5 Å². The molecule has 0 amide bonds. The minimum atomic E-state index is -0.215. The average molecular weight is 184 g/mol. The molecule has 0 saturated heterocycles. The SMILES string of the molecule is COC(=O)CCC1(C=O)CCCC1. The molecular weight excluding hydrogens is 168 g/mol. The third-order valence-corrected chi connectivity index (χ3v) is 2.90. The zero-order valence-corrected chi connectivity index (χ0v) is 8.04. The fourth-order valence-electron chi connectivity index (χ4n) is 1.96. The second-order valence-corrected chi connectivity index (χ2v) is 3.76. The lowest BCUT2D eigenvalue weighted by Crippen LogP contribution is -2.19. The van der Waals surface area contributed by atoms with Crippen LogP contribution in [0.2, 0.25) is 0 Å². The Morgan fingerprint density at radius 1 is 1.46 bits per heavy atom. The van der Waals surface area contributed by atoms with Crippen molar-refractivity contribution in [3.8, 4) is 0 Å². The first-order valence-electron chi connectivity index (χ1n) is 4.76. The summed E-state index contributed by atoms with van der Waals surface area (Å²) in [6.45, 7) is 0. The first kappa shape index (κ1) is 10.2. The van der Waals surface area contributed by atoms with Gasteiger partial charge in [0.2, 0.25) is 0 Å². The van der Waals surface area contributed by atoms with Crippen LogP contribution in [0.3, 0.4) is 0 Å². The van der Waals surface area contributed by atoms with Gasteiger partial charge >= 0.3 is 5.97 Å². The number of hydrogen-bond acceptors (Lipinski definition) is 3. The molecule has 1 rings (SSSR count). The maximum atomic E-state index is 10.9. The Morgan fingerprint density at radius 2 is 2.08 bits per heavy atom. The summed E-state index contributed by atoms with van der Waals surface area (Å²) in [4.78, 5) is 21.8. The van der Waals surface area contributed by atoms with E-state index in [1.165, 1.54) is 7.11 Å². The zero-order valence-electron chi connectivity index (χ0n) is 8.04. The molecule has 1 aliphatic carbocycles. The van der Waals surface area contributed by atoms with Crippen molar-refractivity contribution in [1.29, 1.82) is 0 Å². The van der Waals surface area contributed by atoms with Crippen molar-refractivity contribution in [1.82, 2.24) is 0 Å². The summed E-state index contributed by atoms with van der Waals surface area (Å²) >= 11 is 0. The van der Waals surface area contributed by atoms with Crippen LogP contribution < -0.4 is 0 Å². The molecule has 1 aliphatic rings. The van der Waals surface area contributed by atoms with Crippen LogP contribution in [-0.4, -0.2) is 19.4 Å². The number of methoxy groups -OCH3 is 1. The molecule has 74 valence electrons. The van der Waals surface area contributed by atoms with Crippen molar-refractivity contribution >= 4 is 12.3 Å². The van der Waals surface area contributed by atoms with Crippen LogP contribution in [-0.2, 0) is 14.3 Å². The summed E-state index contributed by atoms with van der Waals surface area (Å²) in [5.41, 5.74) is -0.214. The molecule has 0 unspecified atom stereocenters. The molecule has 3 heteroatoms. The number of hydrogen-bond donors (Lipinski definition) is 0. The molecule has 1 fully saturated rings. The van der Waals surface area contributed by atoms with Gasteiger partial charge in [0.1, 0.15) is 6.29 Å². The first-order valence-corrected chi connectivity index (χ1v) is 4.76. The molecule has 0 radical (unpaired) electrons. The third kappa shape index (κ3) is 2.54. The smallest absolute Gasteiger partial charge is 0.305 e. The van der Waals surface area contributed by atoms with Crippen molar-refractivity contribution in [3.63, 3.8) is 0 Å². The molecule has 13 heavy (non-hydrogen) atoms. The molecule has 0 aromatic carbocycles. The van der Waals surface area contributed by atoms with Crippen molar-refractivity contribution in [2.24, 2.45) is 5.41 Å². The number of carbonyl (C=O) groups excluding carboxylic acids is 2. The first-order chi connectivity index (χ1) is 6.22. The topological polar surface area (TPSA) is 43.4 Å². The second kappa shape index (κ2) is 4.40. The van der Waals surface area contributed by atoms with E-state index in [1.54, 1.807) is 0 Å². The van der Waals surface area contributed by atoms with Crippen LogP contribution in [0.25, 0.3) is 0 Å². The lowest BCUT2D eigenvalue weighted by atomic mass is 9.83. The lowest BCUT2D eigenvalue weighted by molar-refractivity contribution is -0.141. The molecule has 0 N–H and O–H groups in total. The molecule has 0 atom stereocenters. The summed E-state index contributed by atoms with van der Waals surface area (Å²) in [6.07, 6.45) is 6.15. The van der Waals surface area contributed by atoms with Crippen LogP contribution in [0.1, 0.15) is 38.5 Å². The highest BCUT2D eigenvalue weighted by molar-refractivity contribution is 5.70. The van der Waals surface area contributed by atoms with Gasteiger partial charge in [0.25, 0.3) is 0 Å². The minimum Gasteiger partial charge on any atom is -0.469 e. The molecule has 0 aromatic heterocycles. The normalized spacial score (nSPS) is 19.8. The molecule has 0 bridgehead atoms. The van der Waals surface area contributed by atoms with E-state index in [-0.39, 0.29) is 11.4 Å². The third-order valence-electron chi connectivity index (χ3n) is 2.90. The number of rotatable bonds is 4. The van der Waals surface area contributed by atoms with Gasteiger partial charge in [-0.1, -0.05) is 12.8 Å². The monoisotopic (exact) mass is 184 g/mol. The molecule has 1 saturated carbocycles. The lowest BCUT2D eigenvalue weighted by Gasteiger charge is -2.20. The Balaban J connectivity index is 2.40. The van der Waals surface area contributed by atoms with E-state index in [2.05, 4.69) is 4.74 Å². The molecule has 3 nitrogen and oxygen atoms in total. The van der Waals surface area contributed by atoms with E-state index in [0.717, 1.165) is 32.0 Å². The van der Waals surface area contributed by atoms with Crippen LogP contribution in [0.4, 0.5) is 0 Å². The van der Waals surface area contributed by atoms with Gasteiger partial charge < -0.3 is 9.53 Å². The van der Waals surface area contributed by atoms with Crippen molar-refractivity contribution in [2.75, 3.05) is 7.11 Å². The second-order valence-electron chi connectivity index (χ2n) is 3.76. The van der Waals surface area contributed by atoms with Gasteiger partial charge in [-0.25, -0.2) is 0 Å². The fourth-order valence-corrected chi connectivity index (χ4v) is 1.96. The molecule has 0 spiro atoms. The number of carbonyl (C=O) groups is 2. The Hall–Kier alpha value is -0.860. The Morgan fingerprint density at radius 3 is 2.54 bits per heavy atom. The van der Waals surface area contributed by atoms with Crippen molar-refractivity contribution in [3.05, 3.63) is 0 Å². The van der Waals surface area contributed by atoms with E-state index in [1.807, 2.05) is 0 Å². The van der Waals surface area contributed by atoms with E-state index >= 15 is 0 Å². The maximum absolute atomic E-state index is 10.9.